The van der Waals surface area contributed by atoms with Crippen molar-refractivity contribution in [2.24, 2.45) is 0 Å². The highest BCUT2D eigenvalue weighted by Gasteiger charge is 2.26. The summed E-state index contributed by atoms with van der Waals surface area (Å²) in [7, 11) is 0. The van der Waals surface area contributed by atoms with Crippen molar-refractivity contribution in [2.45, 2.75) is 89.9 Å². The van der Waals surface area contributed by atoms with E-state index in [0.717, 1.165) is 45.2 Å². The summed E-state index contributed by atoms with van der Waals surface area (Å²) in [6, 6.07) is 5.64. The lowest BCUT2D eigenvalue weighted by Crippen LogP contribution is -2.50. The molecule has 152 valence electrons. The number of nitrogens with one attached hydrogen (secondary N) is 2. The van der Waals surface area contributed by atoms with Crippen molar-refractivity contribution >= 4 is 6.09 Å². The molecule has 6 nitrogen and oxygen atoms in total. The molecule has 1 amide bonds. The summed E-state index contributed by atoms with van der Waals surface area (Å²) in [5.41, 5.74) is -0.427. The van der Waals surface area contributed by atoms with E-state index in [4.69, 9.17) is 4.74 Å². The second-order valence-electron chi connectivity index (χ2n) is 8.39. The van der Waals surface area contributed by atoms with Crippen LogP contribution < -0.4 is 16.2 Å². The van der Waals surface area contributed by atoms with E-state index in [1.807, 2.05) is 33.0 Å². The predicted octanol–water partition coefficient (Wildman–Crippen LogP) is 3.44. The number of rotatable bonds is 7. The molecule has 2 atom stereocenters. The Balaban J connectivity index is 1.76. The Hall–Kier alpha value is -1.82. The first kappa shape index (κ1) is 21.5. The largest absolute Gasteiger partial charge is 0.444 e. The van der Waals surface area contributed by atoms with Crippen molar-refractivity contribution in [1.29, 1.82) is 0 Å². The highest BCUT2D eigenvalue weighted by Crippen LogP contribution is 2.19. The average Bonchev–Trinajstić information content (AvgIpc) is 2.80. The molecule has 0 radical (unpaired) electrons. The molecule has 1 fully saturated rings. The number of unbranched alkanes of at least 4 members (excludes halogenated alkanes) is 1. The van der Waals surface area contributed by atoms with E-state index in [-0.39, 0.29) is 23.7 Å². The van der Waals surface area contributed by atoms with Gasteiger partial charge in [-0.3, -0.25) is 4.79 Å². The lowest BCUT2D eigenvalue weighted by atomic mass is 10.0. The number of pyridine rings is 1. The second kappa shape index (κ2) is 10.5. The molecule has 0 bridgehead atoms. The molecule has 0 saturated heterocycles. The van der Waals surface area contributed by atoms with E-state index in [2.05, 4.69) is 10.6 Å². The number of carbonyl (C=O) groups excluding carboxylic acids is 1. The standard InChI is InChI=1S/C21H35N3O3/c1-21(2,3)27-20(26)23-18-12-6-4-5-11-17(18)22-14-8-10-16-24-15-9-7-13-19(24)25/h7,9,13,15,17-18,22H,4-6,8,10-12,14,16H2,1-3H3,(H,23,26). The fraction of sp³-hybridized carbons (Fsp3) is 0.714. The van der Waals surface area contributed by atoms with E-state index in [9.17, 15) is 9.59 Å². The average molecular weight is 378 g/mol. The van der Waals surface area contributed by atoms with Crippen molar-refractivity contribution in [2.75, 3.05) is 6.54 Å². The van der Waals surface area contributed by atoms with Gasteiger partial charge in [-0.2, -0.15) is 0 Å². The van der Waals surface area contributed by atoms with Crippen LogP contribution in [0.1, 0.15) is 65.7 Å². The molecule has 1 aliphatic rings. The number of hydrogen-bond acceptors (Lipinski definition) is 4. The molecule has 1 aromatic heterocycles. The Morgan fingerprint density at radius 1 is 1.15 bits per heavy atom. The first-order valence-corrected chi connectivity index (χ1v) is 10.2. The van der Waals surface area contributed by atoms with Gasteiger partial charge in [0.25, 0.3) is 0 Å². The molecule has 27 heavy (non-hydrogen) atoms. The van der Waals surface area contributed by atoms with Crippen LogP contribution in [0.5, 0.6) is 0 Å². The number of aromatic nitrogens is 1. The van der Waals surface area contributed by atoms with Gasteiger partial charge in [0, 0.05) is 30.9 Å². The van der Waals surface area contributed by atoms with Crippen molar-refractivity contribution in [3.8, 4) is 0 Å². The summed E-state index contributed by atoms with van der Waals surface area (Å²) in [6.07, 6.45) is 9.03. The first-order chi connectivity index (χ1) is 12.8. The van der Waals surface area contributed by atoms with Gasteiger partial charge in [0.2, 0.25) is 5.56 Å². The van der Waals surface area contributed by atoms with E-state index in [0.29, 0.717) is 0 Å². The molecular formula is C21H35N3O3. The molecule has 0 aromatic carbocycles. The minimum absolute atomic E-state index is 0.0517. The molecule has 1 aliphatic carbocycles. The summed E-state index contributed by atoms with van der Waals surface area (Å²) in [5, 5.41) is 6.69. The van der Waals surface area contributed by atoms with Crippen LogP contribution in [0.2, 0.25) is 0 Å². The molecular weight excluding hydrogens is 342 g/mol. The third kappa shape index (κ3) is 8.16. The normalized spacial score (nSPS) is 20.7. The monoisotopic (exact) mass is 377 g/mol. The highest BCUT2D eigenvalue weighted by molar-refractivity contribution is 5.68. The number of ether oxygens (including phenoxy) is 1. The van der Waals surface area contributed by atoms with Gasteiger partial charge in [-0.05, 0) is 59.1 Å². The van der Waals surface area contributed by atoms with Crippen LogP contribution in [-0.2, 0) is 11.3 Å². The SMILES string of the molecule is CC(C)(C)OC(=O)NC1CCCCCC1NCCCCn1ccccc1=O. The van der Waals surface area contributed by atoms with Gasteiger partial charge >= 0.3 is 6.09 Å². The lowest BCUT2D eigenvalue weighted by molar-refractivity contribution is 0.0489. The Labute approximate surface area is 162 Å². The Morgan fingerprint density at radius 3 is 2.59 bits per heavy atom. The molecule has 1 heterocycles. The van der Waals surface area contributed by atoms with Gasteiger partial charge in [0.15, 0.2) is 0 Å². The molecule has 2 rings (SSSR count). The fourth-order valence-electron chi connectivity index (χ4n) is 3.52. The number of hydrogen-bond donors (Lipinski definition) is 2. The van der Waals surface area contributed by atoms with Gasteiger partial charge < -0.3 is 19.9 Å². The van der Waals surface area contributed by atoms with Gasteiger partial charge in [-0.15, -0.1) is 0 Å². The van der Waals surface area contributed by atoms with Gasteiger partial charge in [-0.25, -0.2) is 4.79 Å². The van der Waals surface area contributed by atoms with E-state index in [1.54, 1.807) is 16.7 Å². The van der Waals surface area contributed by atoms with E-state index in [1.165, 1.54) is 12.8 Å². The molecule has 0 aliphatic heterocycles. The van der Waals surface area contributed by atoms with Gasteiger partial charge in [0.1, 0.15) is 5.60 Å². The summed E-state index contributed by atoms with van der Waals surface area (Å²) in [6.45, 7) is 7.28. The van der Waals surface area contributed by atoms with Crippen molar-refractivity contribution in [1.82, 2.24) is 15.2 Å². The summed E-state index contributed by atoms with van der Waals surface area (Å²) in [5.74, 6) is 0. The number of amides is 1. The smallest absolute Gasteiger partial charge is 0.407 e. The van der Waals surface area contributed by atoms with Crippen LogP contribution >= 0.6 is 0 Å². The van der Waals surface area contributed by atoms with Crippen LogP contribution in [0.3, 0.4) is 0 Å². The number of nitrogens with zero attached hydrogens (tertiary/aromatic N) is 1. The third-order valence-electron chi connectivity index (χ3n) is 4.85. The van der Waals surface area contributed by atoms with E-state index < -0.39 is 5.60 Å². The maximum absolute atomic E-state index is 12.2. The number of aryl methyl sites for hydroxylation is 1. The minimum Gasteiger partial charge on any atom is -0.444 e. The van der Waals surface area contributed by atoms with Crippen molar-refractivity contribution in [3.63, 3.8) is 0 Å². The zero-order valence-corrected chi connectivity index (χ0v) is 17.0. The second-order valence-corrected chi connectivity index (χ2v) is 8.39. The maximum atomic E-state index is 12.2. The van der Waals surface area contributed by atoms with Crippen molar-refractivity contribution in [3.05, 3.63) is 34.7 Å². The minimum atomic E-state index is -0.479. The zero-order valence-electron chi connectivity index (χ0n) is 17.0. The van der Waals surface area contributed by atoms with Crippen LogP contribution in [-0.4, -0.2) is 34.9 Å². The molecule has 0 spiro atoms. The molecule has 6 heteroatoms. The van der Waals surface area contributed by atoms with Crippen LogP contribution in [0, 0.1) is 0 Å². The number of alkyl carbamates (subject to hydrolysis) is 1. The molecule has 1 aromatic rings. The van der Waals surface area contributed by atoms with Gasteiger partial charge in [0.05, 0.1) is 0 Å². The Bertz CT molecular complexity index is 636. The van der Waals surface area contributed by atoms with Crippen LogP contribution in [0.4, 0.5) is 4.79 Å². The first-order valence-electron chi connectivity index (χ1n) is 10.2. The maximum Gasteiger partial charge on any atom is 0.407 e. The predicted molar refractivity (Wildman–Crippen MR) is 108 cm³/mol. The summed E-state index contributed by atoms with van der Waals surface area (Å²) >= 11 is 0. The highest BCUT2D eigenvalue weighted by atomic mass is 16.6. The van der Waals surface area contributed by atoms with Crippen LogP contribution in [0.25, 0.3) is 0 Å². The van der Waals surface area contributed by atoms with Crippen LogP contribution in [0.15, 0.2) is 29.2 Å². The molecule has 2 N–H and O–H groups in total. The Kier molecular flexibility index (Phi) is 8.35. The van der Waals surface area contributed by atoms with Gasteiger partial charge in [-0.1, -0.05) is 25.3 Å². The Morgan fingerprint density at radius 2 is 1.89 bits per heavy atom. The molecule has 1 saturated carbocycles. The lowest BCUT2D eigenvalue weighted by Gasteiger charge is -2.29. The zero-order chi connectivity index (χ0) is 19.7. The quantitative estimate of drug-likeness (QED) is 0.564. The fourth-order valence-corrected chi connectivity index (χ4v) is 3.52. The number of carbonyl (C=O) groups is 1. The summed E-state index contributed by atoms with van der Waals surface area (Å²) in [4.78, 5) is 23.9. The van der Waals surface area contributed by atoms with Crippen molar-refractivity contribution < 1.29 is 9.53 Å². The molecule has 2 unspecified atom stereocenters. The van der Waals surface area contributed by atoms with E-state index >= 15 is 0 Å². The summed E-state index contributed by atoms with van der Waals surface area (Å²) < 4.78 is 7.17. The third-order valence-corrected chi connectivity index (χ3v) is 4.85. The topological polar surface area (TPSA) is 72.4 Å².